The quantitative estimate of drug-likeness (QED) is 0.372. The number of hydrogen-bond donors (Lipinski definition) is 4. The maximum absolute atomic E-state index is 9.00. The fourth-order valence-corrected chi connectivity index (χ4v) is 1.05. The summed E-state index contributed by atoms with van der Waals surface area (Å²) in [4.78, 5) is 0. The second-order valence-electron chi connectivity index (χ2n) is 2.62. The van der Waals surface area contributed by atoms with E-state index in [4.69, 9.17) is 25.2 Å². The zero-order chi connectivity index (χ0) is 8.43. The van der Waals surface area contributed by atoms with E-state index in [1.54, 1.807) is 0 Å². The molecule has 1 unspecified atom stereocenters. The van der Waals surface area contributed by atoms with E-state index in [9.17, 15) is 0 Å². The summed E-state index contributed by atoms with van der Waals surface area (Å²) in [5.41, 5.74) is 0. The lowest BCUT2D eigenvalue weighted by Gasteiger charge is -2.14. The molecule has 0 saturated carbocycles. The molecule has 0 radical (unpaired) electrons. The highest BCUT2D eigenvalue weighted by molar-refractivity contribution is 4.80. The van der Waals surface area contributed by atoms with Crippen molar-refractivity contribution in [3.63, 3.8) is 0 Å². The van der Waals surface area contributed by atoms with Crippen molar-refractivity contribution < 1.29 is 25.2 Å². The Balaban J connectivity index is 2.40. The molecule has 1 heterocycles. The molecule has 0 aliphatic carbocycles. The van der Waals surface area contributed by atoms with Gasteiger partial charge in [-0.05, 0) is 0 Å². The second-order valence-corrected chi connectivity index (χ2v) is 2.62. The molecule has 1 fully saturated rings. The lowest BCUT2D eigenvalue weighted by molar-refractivity contribution is -0.149. The minimum atomic E-state index is -1.24. The standard InChI is InChI=1S/C6H12O5/c7-2-4(9)5-1-3(8)6(10)11-5/h3-10H,1-2H2/t3-,4+,5+,6?/m1/s1. The van der Waals surface area contributed by atoms with Gasteiger partial charge in [0.05, 0.1) is 12.7 Å². The predicted molar refractivity (Wildman–Crippen MR) is 34.6 cm³/mol. The minimum absolute atomic E-state index is 0.156. The van der Waals surface area contributed by atoms with Gasteiger partial charge in [-0.2, -0.15) is 0 Å². The van der Waals surface area contributed by atoms with Crippen LogP contribution in [0.1, 0.15) is 6.42 Å². The van der Waals surface area contributed by atoms with Crippen LogP contribution in [-0.4, -0.2) is 51.6 Å². The van der Waals surface area contributed by atoms with Crippen molar-refractivity contribution >= 4 is 0 Å². The second kappa shape index (κ2) is 3.46. The SMILES string of the molecule is OC[C@H](O)[C@@H]1C[C@@H](O)C(O)O1. The van der Waals surface area contributed by atoms with E-state index in [1.807, 2.05) is 0 Å². The van der Waals surface area contributed by atoms with E-state index in [-0.39, 0.29) is 6.42 Å². The van der Waals surface area contributed by atoms with Gasteiger partial charge in [0, 0.05) is 6.42 Å². The van der Waals surface area contributed by atoms with Crippen LogP contribution >= 0.6 is 0 Å². The van der Waals surface area contributed by atoms with Gasteiger partial charge in [0.25, 0.3) is 0 Å². The fraction of sp³-hybridized carbons (Fsp3) is 1.00. The van der Waals surface area contributed by atoms with Gasteiger partial charge in [-0.15, -0.1) is 0 Å². The summed E-state index contributed by atoms with van der Waals surface area (Å²) < 4.78 is 4.72. The summed E-state index contributed by atoms with van der Waals surface area (Å²) in [7, 11) is 0. The number of hydrogen-bond acceptors (Lipinski definition) is 5. The zero-order valence-corrected chi connectivity index (χ0v) is 5.92. The Morgan fingerprint density at radius 2 is 2.09 bits per heavy atom. The van der Waals surface area contributed by atoms with Crippen molar-refractivity contribution in [2.45, 2.75) is 31.0 Å². The van der Waals surface area contributed by atoms with Crippen LogP contribution in [-0.2, 0) is 4.74 Å². The molecular formula is C6H12O5. The largest absolute Gasteiger partial charge is 0.394 e. The molecule has 1 saturated heterocycles. The lowest BCUT2D eigenvalue weighted by Crippen LogP contribution is -2.29. The van der Waals surface area contributed by atoms with Crippen LogP contribution < -0.4 is 0 Å². The van der Waals surface area contributed by atoms with Crippen LogP contribution in [0.4, 0.5) is 0 Å². The van der Waals surface area contributed by atoms with Crippen LogP contribution in [0.3, 0.4) is 0 Å². The molecule has 0 aromatic carbocycles. The van der Waals surface area contributed by atoms with E-state index in [0.717, 1.165) is 0 Å². The number of aliphatic hydroxyl groups is 4. The Bertz CT molecular complexity index is 118. The summed E-state index contributed by atoms with van der Waals surface area (Å²) in [5.74, 6) is 0. The van der Waals surface area contributed by atoms with E-state index in [1.165, 1.54) is 0 Å². The van der Waals surface area contributed by atoms with Gasteiger partial charge in [0.2, 0.25) is 0 Å². The first-order chi connectivity index (χ1) is 5.15. The normalized spacial score (nSPS) is 40.9. The highest BCUT2D eigenvalue weighted by Crippen LogP contribution is 2.20. The van der Waals surface area contributed by atoms with Crippen LogP contribution in [0.15, 0.2) is 0 Å². The molecule has 4 N–H and O–H groups in total. The van der Waals surface area contributed by atoms with Crippen molar-refractivity contribution in [1.29, 1.82) is 0 Å². The monoisotopic (exact) mass is 164 g/mol. The van der Waals surface area contributed by atoms with Gasteiger partial charge in [-0.3, -0.25) is 0 Å². The van der Waals surface area contributed by atoms with Gasteiger partial charge in [0.15, 0.2) is 6.29 Å². The Hall–Kier alpha value is -0.200. The molecule has 0 spiro atoms. The first-order valence-corrected chi connectivity index (χ1v) is 3.45. The first-order valence-electron chi connectivity index (χ1n) is 3.45. The number of rotatable bonds is 2. The maximum Gasteiger partial charge on any atom is 0.181 e. The third-order valence-electron chi connectivity index (χ3n) is 1.73. The van der Waals surface area contributed by atoms with Gasteiger partial charge in [0.1, 0.15) is 12.2 Å². The van der Waals surface area contributed by atoms with Crippen LogP contribution in [0.25, 0.3) is 0 Å². The molecular weight excluding hydrogens is 152 g/mol. The van der Waals surface area contributed by atoms with Gasteiger partial charge in [-0.1, -0.05) is 0 Å². The first kappa shape index (κ1) is 8.89. The molecule has 66 valence electrons. The summed E-state index contributed by atoms with van der Waals surface area (Å²) in [6.45, 7) is -0.426. The fourth-order valence-electron chi connectivity index (χ4n) is 1.05. The topological polar surface area (TPSA) is 90.2 Å². The minimum Gasteiger partial charge on any atom is -0.394 e. The van der Waals surface area contributed by atoms with Gasteiger partial charge >= 0.3 is 0 Å². The molecule has 1 aliphatic heterocycles. The van der Waals surface area contributed by atoms with Crippen molar-refractivity contribution in [3.8, 4) is 0 Å². The third-order valence-corrected chi connectivity index (χ3v) is 1.73. The maximum atomic E-state index is 9.00. The van der Waals surface area contributed by atoms with Crippen molar-refractivity contribution in [3.05, 3.63) is 0 Å². The number of aliphatic hydroxyl groups excluding tert-OH is 4. The Labute approximate surface area is 63.8 Å². The predicted octanol–water partition coefficient (Wildman–Crippen LogP) is -2.19. The number of ether oxygens (including phenoxy) is 1. The van der Waals surface area contributed by atoms with Crippen molar-refractivity contribution in [2.75, 3.05) is 6.61 Å². The average molecular weight is 164 g/mol. The molecule has 0 aromatic heterocycles. The molecule has 0 bridgehead atoms. The summed E-state index contributed by atoms with van der Waals surface area (Å²) >= 11 is 0. The highest BCUT2D eigenvalue weighted by Gasteiger charge is 2.36. The Morgan fingerprint density at radius 3 is 2.45 bits per heavy atom. The molecule has 11 heavy (non-hydrogen) atoms. The summed E-state index contributed by atoms with van der Waals surface area (Å²) in [6.07, 6.45) is -3.72. The lowest BCUT2D eigenvalue weighted by atomic mass is 10.1. The Kier molecular flexibility index (Phi) is 2.80. The summed E-state index contributed by atoms with van der Waals surface area (Å²) in [5, 5.41) is 35.3. The zero-order valence-electron chi connectivity index (χ0n) is 5.92. The molecule has 1 aliphatic rings. The van der Waals surface area contributed by atoms with E-state index in [0.29, 0.717) is 0 Å². The third kappa shape index (κ3) is 1.88. The van der Waals surface area contributed by atoms with Gasteiger partial charge in [-0.25, -0.2) is 0 Å². The molecule has 0 amide bonds. The van der Waals surface area contributed by atoms with E-state index < -0.39 is 31.2 Å². The highest BCUT2D eigenvalue weighted by atomic mass is 16.6. The van der Waals surface area contributed by atoms with Crippen molar-refractivity contribution in [1.82, 2.24) is 0 Å². The molecule has 5 heteroatoms. The van der Waals surface area contributed by atoms with Crippen LogP contribution in [0, 0.1) is 0 Å². The van der Waals surface area contributed by atoms with E-state index >= 15 is 0 Å². The molecule has 5 nitrogen and oxygen atoms in total. The molecule has 4 atom stereocenters. The van der Waals surface area contributed by atoms with Gasteiger partial charge < -0.3 is 25.2 Å². The van der Waals surface area contributed by atoms with Crippen LogP contribution in [0.2, 0.25) is 0 Å². The molecule has 1 rings (SSSR count). The smallest absolute Gasteiger partial charge is 0.181 e. The van der Waals surface area contributed by atoms with Crippen molar-refractivity contribution in [2.24, 2.45) is 0 Å². The average Bonchev–Trinajstić information content (AvgIpc) is 2.31. The summed E-state index contributed by atoms with van der Waals surface area (Å²) in [6, 6.07) is 0. The van der Waals surface area contributed by atoms with Crippen LogP contribution in [0.5, 0.6) is 0 Å². The van der Waals surface area contributed by atoms with E-state index in [2.05, 4.69) is 0 Å². The molecule has 0 aromatic rings. The Morgan fingerprint density at radius 1 is 1.45 bits per heavy atom.